The number of ether oxygens (including phenoxy) is 2. The number of hydrogen-bond donors (Lipinski definition) is 0. The highest BCUT2D eigenvalue weighted by atomic mass is 16.5. The largest absolute Gasteiger partial charge is 0.489 e. The predicted molar refractivity (Wildman–Crippen MR) is 111 cm³/mol. The number of rotatable bonds is 6. The summed E-state index contributed by atoms with van der Waals surface area (Å²) in [6.07, 6.45) is 1.72. The van der Waals surface area contributed by atoms with Crippen molar-refractivity contribution in [3.63, 3.8) is 0 Å². The average molecular weight is 407 g/mol. The number of morpholine rings is 1. The molecule has 3 aromatic rings. The van der Waals surface area contributed by atoms with Gasteiger partial charge in [0.15, 0.2) is 0 Å². The SMILES string of the molecule is Cc1ccc(OCC2CN(C(=O)Cc3nc(-c4ccccc4)oc3C)CCO2)cn1. The molecule has 0 bridgehead atoms. The standard InChI is InChI=1S/C23H25N3O4/c1-16-8-9-19(13-24-16)29-15-20-14-26(10-11-28-20)22(27)12-21-17(2)30-23(25-21)18-6-4-3-5-7-18/h3-9,13,20H,10-12,14-15H2,1-2H3. The Morgan fingerprint density at radius 1 is 1.20 bits per heavy atom. The number of pyridine rings is 1. The normalized spacial score (nSPS) is 16.5. The maximum absolute atomic E-state index is 12.9. The first-order chi connectivity index (χ1) is 14.6. The van der Waals surface area contributed by atoms with Crippen LogP contribution >= 0.6 is 0 Å². The minimum atomic E-state index is -0.178. The fraction of sp³-hybridized carbons (Fsp3) is 0.348. The Kier molecular flexibility index (Phi) is 6.09. The number of carbonyl (C=O) groups excluding carboxylic acids is 1. The van der Waals surface area contributed by atoms with Gasteiger partial charge in [0.2, 0.25) is 11.8 Å². The molecule has 3 heterocycles. The molecule has 30 heavy (non-hydrogen) atoms. The number of carbonyl (C=O) groups is 1. The van der Waals surface area contributed by atoms with E-state index in [0.717, 1.165) is 11.3 Å². The van der Waals surface area contributed by atoms with Crippen molar-refractivity contribution in [1.82, 2.24) is 14.9 Å². The van der Waals surface area contributed by atoms with Crippen molar-refractivity contribution in [2.24, 2.45) is 0 Å². The minimum absolute atomic E-state index is 0.0105. The van der Waals surface area contributed by atoms with Crippen LogP contribution in [-0.2, 0) is 16.0 Å². The molecule has 0 N–H and O–H groups in total. The van der Waals surface area contributed by atoms with Crippen LogP contribution in [0, 0.1) is 13.8 Å². The monoisotopic (exact) mass is 407 g/mol. The summed E-state index contributed by atoms with van der Waals surface area (Å²) in [5, 5.41) is 0. The van der Waals surface area contributed by atoms with Crippen LogP contribution in [0.2, 0.25) is 0 Å². The molecule has 1 aliphatic rings. The van der Waals surface area contributed by atoms with E-state index in [0.29, 0.717) is 49.4 Å². The maximum atomic E-state index is 12.9. The molecule has 156 valence electrons. The van der Waals surface area contributed by atoms with Gasteiger partial charge in [-0.2, -0.15) is 0 Å². The van der Waals surface area contributed by atoms with E-state index in [1.54, 1.807) is 11.1 Å². The number of hydrogen-bond acceptors (Lipinski definition) is 6. The fourth-order valence-corrected chi connectivity index (χ4v) is 3.33. The Morgan fingerprint density at radius 3 is 2.80 bits per heavy atom. The van der Waals surface area contributed by atoms with Gasteiger partial charge in [0.25, 0.3) is 0 Å². The smallest absolute Gasteiger partial charge is 0.228 e. The number of nitrogens with zero attached hydrogens (tertiary/aromatic N) is 3. The van der Waals surface area contributed by atoms with E-state index in [2.05, 4.69) is 9.97 Å². The van der Waals surface area contributed by atoms with Gasteiger partial charge in [0.05, 0.1) is 31.5 Å². The second-order valence-electron chi connectivity index (χ2n) is 7.34. The van der Waals surface area contributed by atoms with Crippen LogP contribution in [0.15, 0.2) is 53.1 Å². The first kappa shape index (κ1) is 20.1. The molecule has 0 saturated carbocycles. The highest BCUT2D eigenvalue weighted by molar-refractivity contribution is 5.78. The third-order valence-electron chi connectivity index (χ3n) is 5.04. The molecule has 0 spiro atoms. The zero-order valence-electron chi connectivity index (χ0n) is 17.2. The molecule has 1 saturated heterocycles. The summed E-state index contributed by atoms with van der Waals surface area (Å²) in [6, 6.07) is 13.5. The lowest BCUT2D eigenvalue weighted by Gasteiger charge is -2.32. The molecule has 7 heteroatoms. The highest BCUT2D eigenvalue weighted by Crippen LogP contribution is 2.22. The van der Waals surface area contributed by atoms with Crippen molar-refractivity contribution < 1.29 is 18.7 Å². The summed E-state index contributed by atoms with van der Waals surface area (Å²) in [4.78, 5) is 23.4. The predicted octanol–water partition coefficient (Wildman–Crippen LogP) is 3.20. The van der Waals surface area contributed by atoms with Gasteiger partial charge in [0, 0.05) is 17.8 Å². The molecule has 2 aromatic heterocycles. The van der Waals surface area contributed by atoms with Crippen LogP contribution in [0.1, 0.15) is 17.1 Å². The van der Waals surface area contributed by atoms with Crippen molar-refractivity contribution in [2.75, 3.05) is 26.3 Å². The summed E-state index contributed by atoms with van der Waals surface area (Å²) < 4.78 is 17.3. The van der Waals surface area contributed by atoms with Gasteiger partial charge < -0.3 is 18.8 Å². The topological polar surface area (TPSA) is 77.7 Å². The number of amides is 1. The molecule has 4 rings (SSSR count). The lowest BCUT2D eigenvalue weighted by Crippen LogP contribution is -2.48. The first-order valence-electron chi connectivity index (χ1n) is 10.0. The van der Waals surface area contributed by atoms with Crippen molar-refractivity contribution in [3.8, 4) is 17.2 Å². The van der Waals surface area contributed by atoms with E-state index in [1.165, 1.54) is 0 Å². The maximum Gasteiger partial charge on any atom is 0.228 e. The molecule has 0 radical (unpaired) electrons. The van der Waals surface area contributed by atoms with Gasteiger partial charge >= 0.3 is 0 Å². The van der Waals surface area contributed by atoms with Crippen LogP contribution in [0.5, 0.6) is 5.75 Å². The molecule has 1 aliphatic heterocycles. The Balaban J connectivity index is 1.34. The van der Waals surface area contributed by atoms with E-state index in [4.69, 9.17) is 13.9 Å². The lowest BCUT2D eigenvalue weighted by atomic mass is 10.2. The zero-order valence-corrected chi connectivity index (χ0v) is 17.2. The van der Waals surface area contributed by atoms with Crippen LogP contribution in [0.25, 0.3) is 11.5 Å². The van der Waals surface area contributed by atoms with Gasteiger partial charge in [-0.25, -0.2) is 4.98 Å². The van der Waals surface area contributed by atoms with Gasteiger partial charge in [0.1, 0.15) is 24.2 Å². The van der Waals surface area contributed by atoms with Crippen molar-refractivity contribution in [2.45, 2.75) is 26.4 Å². The molecule has 0 aliphatic carbocycles. The number of aryl methyl sites for hydroxylation is 2. The summed E-state index contributed by atoms with van der Waals surface area (Å²) in [6.45, 7) is 5.67. The Morgan fingerprint density at radius 2 is 2.03 bits per heavy atom. The molecule has 1 amide bonds. The van der Waals surface area contributed by atoms with E-state index in [9.17, 15) is 4.79 Å². The van der Waals surface area contributed by atoms with Gasteiger partial charge in [-0.15, -0.1) is 0 Å². The van der Waals surface area contributed by atoms with Crippen molar-refractivity contribution in [1.29, 1.82) is 0 Å². The molecular weight excluding hydrogens is 382 g/mol. The number of benzene rings is 1. The summed E-state index contributed by atoms with van der Waals surface area (Å²) >= 11 is 0. The van der Waals surface area contributed by atoms with E-state index < -0.39 is 0 Å². The van der Waals surface area contributed by atoms with Crippen molar-refractivity contribution >= 4 is 5.91 Å². The Hall–Kier alpha value is -3.19. The summed E-state index contributed by atoms with van der Waals surface area (Å²) in [5.41, 5.74) is 2.50. The summed E-state index contributed by atoms with van der Waals surface area (Å²) in [5.74, 6) is 1.91. The third-order valence-corrected chi connectivity index (χ3v) is 5.04. The molecule has 1 atom stereocenters. The van der Waals surface area contributed by atoms with Gasteiger partial charge in [-0.05, 0) is 38.1 Å². The lowest BCUT2D eigenvalue weighted by molar-refractivity contribution is -0.139. The molecule has 1 aromatic carbocycles. The van der Waals surface area contributed by atoms with E-state index in [-0.39, 0.29) is 18.4 Å². The van der Waals surface area contributed by atoms with Gasteiger partial charge in [-0.3, -0.25) is 9.78 Å². The van der Waals surface area contributed by atoms with Gasteiger partial charge in [-0.1, -0.05) is 18.2 Å². The molecule has 1 fully saturated rings. The number of aromatic nitrogens is 2. The number of oxazole rings is 1. The van der Waals surface area contributed by atoms with E-state index in [1.807, 2.05) is 56.3 Å². The molecule has 1 unspecified atom stereocenters. The molecule has 7 nitrogen and oxygen atoms in total. The fourth-order valence-electron chi connectivity index (χ4n) is 3.33. The van der Waals surface area contributed by atoms with Crippen molar-refractivity contribution in [3.05, 3.63) is 65.8 Å². The summed E-state index contributed by atoms with van der Waals surface area (Å²) in [7, 11) is 0. The first-order valence-corrected chi connectivity index (χ1v) is 10.0. The van der Waals surface area contributed by atoms with Crippen LogP contribution in [-0.4, -0.2) is 53.2 Å². The second kappa shape index (κ2) is 9.09. The van der Waals surface area contributed by atoms with E-state index >= 15 is 0 Å². The molecular formula is C23H25N3O4. The average Bonchev–Trinajstić information content (AvgIpc) is 3.14. The highest BCUT2D eigenvalue weighted by Gasteiger charge is 2.26. The van der Waals surface area contributed by atoms with Crippen LogP contribution < -0.4 is 4.74 Å². The van der Waals surface area contributed by atoms with Crippen LogP contribution in [0.3, 0.4) is 0 Å². The van der Waals surface area contributed by atoms with Crippen LogP contribution in [0.4, 0.5) is 0 Å². The Labute approximate surface area is 175 Å². The zero-order chi connectivity index (χ0) is 20.9. The second-order valence-corrected chi connectivity index (χ2v) is 7.34. The quantitative estimate of drug-likeness (QED) is 0.625. The minimum Gasteiger partial charge on any atom is -0.489 e. The third kappa shape index (κ3) is 4.86. The Bertz CT molecular complexity index is 985.